The van der Waals surface area contributed by atoms with Gasteiger partial charge in [0.25, 0.3) is 0 Å². The average molecular weight is 353 g/mol. The van der Waals surface area contributed by atoms with Crippen LogP contribution >= 0.6 is 0 Å². The van der Waals surface area contributed by atoms with Crippen molar-refractivity contribution in [2.24, 2.45) is 0 Å². The summed E-state index contributed by atoms with van der Waals surface area (Å²) in [6.07, 6.45) is 6.82. The van der Waals surface area contributed by atoms with E-state index < -0.39 is 10.0 Å². The predicted octanol–water partition coefficient (Wildman–Crippen LogP) is 2.01. The Morgan fingerprint density at radius 2 is 1.83 bits per heavy atom. The van der Waals surface area contributed by atoms with Gasteiger partial charge in [-0.05, 0) is 50.1 Å². The third-order valence-electron chi connectivity index (χ3n) is 5.17. The summed E-state index contributed by atoms with van der Waals surface area (Å²) < 4.78 is 31.7. The summed E-state index contributed by atoms with van der Waals surface area (Å²) in [7, 11) is -3.17. The fourth-order valence-electron chi connectivity index (χ4n) is 3.89. The van der Waals surface area contributed by atoms with Gasteiger partial charge < -0.3 is 10.1 Å². The quantitative estimate of drug-likeness (QED) is 0.822. The van der Waals surface area contributed by atoms with Crippen molar-refractivity contribution >= 4 is 10.0 Å². The summed E-state index contributed by atoms with van der Waals surface area (Å²) in [5, 5.41) is 3.35. The van der Waals surface area contributed by atoms with Crippen LogP contribution in [-0.2, 0) is 14.8 Å². The molecule has 24 heavy (non-hydrogen) atoms. The molecule has 0 amide bonds. The molecule has 0 unspecified atom stereocenters. The first-order valence-electron chi connectivity index (χ1n) is 8.88. The Morgan fingerprint density at radius 1 is 1.12 bits per heavy atom. The van der Waals surface area contributed by atoms with Crippen LogP contribution in [-0.4, -0.2) is 46.0 Å². The van der Waals surface area contributed by atoms with Gasteiger partial charge in [0.05, 0.1) is 19.0 Å². The predicted molar refractivity (Wildman–Crippen MR) is 95.6 cm³/mol. The van der Waals surface area contributed by atoms with E-state index in [-0.39, 0.29) is 12.1 Å². The van der Waals surface area contributed by atoms with Crippen LogP contribution in [0.5, 0.6) is 0 Å². The third-order valence-corrected chi connectivity index (χ3v) is 5.90. The van der Waals surface area contributed by atoms with E-state index in [0.717, 1.165) is 38.6 Å². The van der Waals surface area contributed by atoms with Crippen LogP contribution in [0.25, 0.3) is 0 Å². The normalized spacial score (nSPS) is 31.2. The van der Waals surface area contributed by atoms with Crippen molar-refractivity contribution in [3.63, 3.8) is 0 Å². The zero-order valence-corrected chi connectivity index (χ0v) is 15.1. The Labute approximate surface area is 145 Å². The highest BCUT2D eigenvalue weighted by molar-refractivity contribution is 7.88. The van der Waals surface area contributed by atoms with E-state index in [2.05, 4.69) is 40.4 Å². The first-order valence-corrected chi connectivity index (χ1v) is 10.8. The Balaban J connectivity index is 1.43. The molecule has 1 aromatic carbocycles. The number of hydrogen-bond donors (Lipinski definition) is 2. The van der Waals surface area contributed by atoms with Crippen LogP contribution < -0.4 is 10.0 Å². The second-order valence-electron chi connectivity index (χ2n) is 7.06. The van der Waals surface area contributed by atoms with Gasteiger partial charge in [-0.2, -0.15) is 0 Å². The molecule has 1 saturated heterocycles. The van der Waals surface area contributed by atoms with Crippen LogP contribution in [0, 0.1) is 0 Å². The van der Waals surface area contributed by atoms with E-state index in [0.29, 0.717) is 18.6 Å². The molecular formula is C18H28N2O3S. The van der Waals surface area contributed by atoms with Crippen LogP contribution in [0.15, 0.2) is 30.3 Å². The molecule has 134 valence electrons. The number of ether oxygens (including phenoxy) is 1. The standard InChI is InChI=1S/C18H28N2O3S/c1-24(21,22)20-17-11-12-19-18(17)13-23-16-9-7-15(8-10-16)14-5-3-2-4-6-14/h2-6,15-20H,7-13H2,1H3/t15?,16?,17-,18-/m1/s1. The van der Waals surface area contributed by atoms with Gasteiger partial charge in [0, 0.05) is 12.1 Å². The number of hydrogen-bond acceptors (Lipinski definition) is 4. The van der Waals surface area contributed by atoms with Gasteiger partial charge in [-0.15, -0.1) is 0 Å². The van der Waals surface area contributed by atoms with E-state index in [1.54, 1.807) is 0 Å². The van der Waals surface area contributed by atoms with Crippen molar-refractivity contribution in [1.29, 1.82) is 0 Å². The molecule has 6 heteroatoms. The molecule has 2 fully saturated rings. The maximum absolute atomic E-state index is 11.4. The van der Waals surface area contributed by atoms with Crippen LogP contribution in [0.2, 0.25) is 0 Å². The minimum Gasteiger partial charge on any atom is -0.377 e. The van der Waals surface area contributed by atoms with Crippen molar-refractivity contribution in [2.45, 2.75) is 56.2 Å². The Morgan fingerprint density at radius 3 is 2.50 bits per heavy atom. The molecule has 2 N–H and O–H groups in total. The van der Waals surface area contributed by atoms with Crippen LogP contribution in [0.3, 0.4) is 0 Å². The first kappa shape index (κ1) is 17.9. The van der Waals surface area contributed by atoms with Crippen molar-refractivity contribution in [3.05, 3.63) is 35.9 Å². The fourth-order valence-corrected chi connectivity index (χ4v) is 4.72. The topological polar surface area (TPSA) is 67.4 Å². The number of nitrogens with one attached hydrogen (secondary N) is 2. The number of rotatable bonds is 6. The molecule has 0 aromatic heterocycles. The molecule has 1 aliphatic carbocycles. The SMILES string of the molecule is CS(=O)(=O)N[C@@H]1CCN[C@@H]1COC1CCC(c2ccccc2)CC1. The van der Waals surface area contributed by atoms with Crippen molar-refractivity contribution in [3.8, 4) is 0 Å². The maximum atomic E-state index is 11.4. The van der Waals surface area contributed by atoms with Gasteiger partial charge in [0.15, 0.2) is 0 Å². The molecule has 1 aromatic rings. The zero-order chi connectivity index (χ0) is 17.0. The lowest BCUT2D eigenvalue weighted by molar-refractivity contribution is 0.0126. The third kappa shape index (κ3) is 5.02. The molecule has 5 nitrogen and oxygen atoms in total. The maximum Gasteiger partial charge on any atom is 0.209 e. The second-order valence-corrected chi connectivity index (χ2v) is 8.84. The number of sulfonamides is 1. The molecule has 2 aliphatic rings. The molecule has 0 bridgehead atoms. The summed E-state index contributed by atoms with van der Waals surface area (Å²) >= 11 is 0. The smallest absolute Gasteiger partial charge is 0.209 e. The van der Waals surface area contributed by atoms with Crippen molar-refractivity contribution in [1.82, 2.24) is 10.0 Å². The van der Waals surface area contributed by atoms with Gasteiger partial charge in [0.1, 0.15) is 0 Å². The lowest BCUT2D eigenvalue weighted by atomic mass is 9.83. The molecule has 0 radical (unpaired) electrons. The summed E-state index contributed by atoms with van der Waals surface area (Å²) in [6.45, 7) is 1.41. The molecule has 1 aliphatic heterocycles. The van der Waals surface area contributed by atoms with Gasteiger partial charge in [-0.1, -0.05) is 30.3 Å². The molecule has 3 rings (SSSR count). The summed E-state index contributed by atoms with van der Waals surface area (Å²) in [5.41, 5.74) is 1.44. The molecule has 1 heterocycles. The second kappa shape index (κ2) is 7.95. The highest BCUT2D eigenvalue weighted by Gasteiger charge is 2.30. The molecule has 2 atom stereocenters. The molecular weight excluding hydrogens is 324 g/mol. The molecule has 0 spiro atoms. The number of benzene rings is 1. The van der Waals surface area contributed by atoms with Crippen LogP contribution in [0.4, 0.5) is 0 Å². The van der Waals surface area contributed by atoms with Crippen molar-refractivity contribution in [2.75, 3.05) is 19.4 Å². The van der Waals surface area contributed by atoms with E-state index in [1.165, 1.54) is 11.8 Å². The lowest BCUT2D eigenvalue weighted by Gasteiger charge is -2.30. The lowest BCUT2D eigenvalue weighted by Crippen LogP contribution is -2.46. The van der Waals surface area contributed by atoms with Crippen LogP contribution in [0.1, 0.15) is 43.6 Å². The highest BCUT2D eigenvalue weighted by Crippen LogP contribution is 2.34. The minimum atomic E-state index is -3.17. The van der Waals surface area contributed by atoms with E-state index in [4.69, 9.17) is 4.74 Å². The van der Waals surface area contributed by atoms with Gasteiger partial charge in [0.2, 0.25) is 10.0 Å². The van der Waals surface area contributed by atoms with E-state index >= 15 is 0 Å². The van der Waals surface area contributed by atoms with Crippen molar-refractivity contribution < 1.29 is 13.2 Å². The fraction of sp³-hybridized carbons (Fsp3) is 0.667. The highest BCUT2D eigenvalue weighted by atomic mass is 32.2. The largest absolute Gasteiger partial charge is 0.377 e. The van der Waals surface area contributed by atoms with Gasteiger partial charge in [-0.3, -0.25) is 0 Å². The Bertz CT molecular complexity index is 612. The Kier molecular flexibility index (Phi) is 5.92. The average Bonchev–Trinajstić information content (AvgIpc) is 2.99. The molecule has 1 saturated carbocycles. The first-order chi connectivity index (χ1) is 11.5. The zero-order valence-electron chi connectivity index (χ0n) is 14.3. The van der Waals surface area contributed by atoms with E-state index in [9.17, 15) is 8.42 Å². The summed E-state index contributed by atoms with van der Waals surface area (Å²) in [4.78, 5) is 0. The summed E-state index contributed by atoms with van der Waals surface area (Å²) in [5.74, 6) is 0.648. The monoisotopic (exact) mass is 352 g/mol. The van der Waals surface area contributed by atoms with Gasteiger partial charge in [-0.25, -0.2) is 13.1 Å². The van der Waals surface area contributed by atoms with Gasteiger partial charge >= 0.3 is 0 Å². The van der Waals surface area contributed by atoms with E-state index in [1.807, 2.05) is 0 Å². The summed E-state index contributed by atoms with van der Waals surface area (Å²) in [6, 6.07) is 10.7. The minimum absolute atomic E-state index is 0.0549. The Hall–Kier alpha value is -0.950.